The highest BCUT2D eigenvalue weighted by atomic mass is 16.5. The van der Waals surface area contributed by atoms with E-state index in [0.29, 0.717) is 25.7 Å². The standard InChI is InChI=1S/C20H27N3O4/c1-13(2)18-19(25)22-20-21-17-8-7-16(11-15(17)12-23(18)20)27-10-6-4-5-9-26-14(3)24/h7-8,11,13,18H,4-6,9-10,12H2,1-3H3,(H,21,22,25). The van der Waals surface area contributed by atoms with Gasteiger partial charge < -0.3 is 14.4 Å². The van der Waals surface area contributed by atoms with Crippen molar-refractivity contribution in [3.63, 3.8) is 0 Å². The van der Waals surface area contributed by atoms with E-state index in [-0.39, 0.29) is 23.8 Å². The zero-order valence-electron chi connectivity index (χ0n) is 16.2. The molecular formula is C20H27N3O4. The molecule has 0 spiro atoms. The number of nitrogens with zero attached hydrogens (tertiary/aromatic N) is 2. The van der Waals surface area contributed by atoms with E-state index in [4.69, 9.17) is 9.47 Å². The molecule has 1 aromatic carbocycles. The number of fused-ring (bicyclic) bond motifs is 2. The molecule has 2 heterocycles. The van der Waals surface area contributed by atoms with Gasteiger partial charge in [0.15, 0.2) is 0 Å². The molecule has 0 aromatic heterocycles. The van der Waals surface area contributed by atoms with Crippen LogP contribution in [0.25, 0.3) is 0 Å². The van der Waals surface area contributed by atoms with Gasteiger partial charge in [0.05, 0.1) is 18.9 Å². The van der Waals surface area contributed by atoms with Crippen molar-refractivity contribution < 1.29 is 19.1 Å². The van der Waals surface area contributed by atoms with E-state index >= 15 is 0 Å². The molecule has 1 amide bonds. The first kappa shape index (κ1) is 19.2. The number of amides is 1. The van der Waals surface area contributed by atoms with Gasteiger partial charge in [-0.2, -0.15) is 0 Å². The zero-order valence-corrected chi connectivity index (χ0v) is 16.2. The fraction of sp³-hybridized carbons (Fsp3) is 0.550. The normalized spacial score (nSPS) is 17.9. The molecule has 27 heavy (non-hydrogen) atoms. The summed E-state index contributed by atoms with van der Waals surface area (Å²) in [4.78, 5) is 29.5. The summed E-state index contributed by atoms with van der Waals surface area (Å²) >= 11 is 0. The maximum Gasteiger partial charge on any atom is 0.302 e. The van der Waals surface area contributed by atoms with Crippen LogP contribution in [0.15, 0.2) is 23.2 Å². The highest BCUT2D eigenvalue weighted by Crippen LogP contribution is 2.33. The first-order chi connectivity index (χ1) is 13.0. The summed E-state index contributed by atoms with van der Waals surface area (Å²) in [6.45, 7) is 7.24. The minimum Gasteiger partial charge on any atom is -0.494 e. The average Bonchev–Trinajstić information content (AvgIpc) is 2.93. The molecule has 0 radical (unpaired) electrons. The molecule has 2 aliphatic heterocycles. The number of unbranched alkanes of at least 4 members (excludes halogenated alkanes) is 2. The van der Waals surface area contributed by atoms with Crippen LogP contribution in [0.2, 0.25) is 0 Å². The van der Waals surface area contributed by atoms with E-state index in [0.717, 1.165) is 36.3 Å². The van der Waals surface area contributed by atoms with Gasteiger partial charge in [0, 0.05) is 19.0 Å². The summed E-state index contributed by atoms with van der Waals surface area (Å²) in [5, 5.41) is 2.88. The number of hydrogen-bond donors (Lipinski definition) is 1. The maximum atomic E-state index is 12.2. The number of guanidine groups is 1. The first-order valence-electron chi connectivity index (χ1n) is 9.51. The van der Waals surface area contributed by atoms with Crippen LogP contribution in [0.3, 0.4) is 0 Å². The highest BCUT2D eigenvalue weighted by Gasteiger charge is 2.40. The second-order valence-electron chi connectivity index (χ2n) is 7.28. The Morgan fingerprint density at radius 2 is 2.07 bits per heavy atom. The van der Waals surface area contributed by atoms with Crippen LogP contribution in [0.5, 0.6) is 5.75 Å². The molecule has 1 saturated heterocycles. The third-order valence-electron chi connectivity index (χ3n) is 4.72. The van der Waals surface area contributed by atoms with E-state index in [1.54, 1.807) is 0 Å². The van der Waals surface area contributed by atoms with Gasteiger partial charge in [0.2, 0.25) is 11.9 Å². The minimum atomic E-state index is -0.235. The Morgan fingerprint density at radius 3 is 2.81 bits per heavy atom. The number of aliphatic imine (C=N–C) groups is 1. The Labute approximate surface area is 159 Å². The van der Waals surface area contributed by atoms with Crippen molar-refractivity contribution >= 4 is 23.5 Å². The molecule has 7 nitrogen and oxygen atoms in total. The Bertz CT molecular complexity index is 745. The van der Waals surface area contributed by atoms with Gasteiger partial charge in [-0.15, -0.1) is 0 Å². The van der Waals surface area contributed by atoms with Gasteiger partial charge >= 0.3 is 5.97 Å². The first-order valence-corrected chi connectivity index (χ1v) is 9.51. The molecule has 7 heteroatoms. The fourth-order valence-electron chi connectivity index (χ4n) is 3.43. The Balaban J connectivity index is 1.53. The topological polar surface area (TPSA) is 80.2 Å². The van der Waals surface area contributed by atoms with E-state index in [1.165, 1.54) is 6.92 Å². The number of nitrogens with one attached hydrogen (secondary N) is 1. The second-order valence-corrected chi connectivity index (χ2v) is 7.28. The number of carbonyl (C=O) groups is 2. The Hall–Kier alpha value is -2.57. The lowest BCUT2D eigenvalue weighted by atomic mass is 10.0. The van der Waals surface area contributed by atoms with Crippen molar-refractivity contribution in [2.75, 3.05) is 13.2 Å². The SMILES string of the molecule is CC(=O)OCCCCCOc1ccc2c(c1)CN1C(=N2)NC(=O)C1C(C)C. The summed E-state index contributed by atoms with van der Waals surface area (Å²) in [5.41, 5.74) is 1.94. The van der Waals surface area contributed by atoms with E-state index in [1.807, 2.05) is 36.9 Å². The van der Waals surface area contributed by atoms with Gasteiger partial charge in [-0.3, -0.25) is 14.9 Å². The molecule has 1 N–H and O–H groups in total. The van der Waals surface area contributed by atoms with Gasteiger partial charge in [-0.1, -0.05) is 13.8 Å². The van der Waals surface area contributed by atoms with Crippen molar-refractivity contribution in [1.82, 2.24) is 10.2 Å². The quantitative estimate of drug-likeness (QED) is 0.560. The lowest BCUT2D eigenvalue weighted by molar-refractivity contribution is -0.141. The molecule has 3 rings (SSSR count). The monoisotopic (exact) mass is 373 g/mol. The van der Waals surface area contributed by atoms with Gasteiger partial charge in [-0.25, -0.2) is 4.99 Å². The van der Waals surface area contributed by atoms with Crippen molar-refractivity contribution in [2.24, 2.45) is 10.9 Å². The molecule has 146 valence electrons. The van der Waals surface area contributed by atoms with Gasteiger partial charge in [0.25, 0.3) is 0 Å². The third-order valence-corrected chi connectivity index (χ3v) is 4.72. The van der Waals surface area contributed by atoms with Crippen molar-refractivity contribution in [3.05, 3.63) is 23.8 Å². The van der Waals surface area contributed by atoms with Crippen LogP contribution >= 0.6 is 0 Å². The van der Waals surface area contributed by atoms with Crippen LogP contribution < -0.4 is 10.1 Å². The predicted octanol–water partition coefficient (Wildman–Crippen LogP) is 2.76. The summed E-state index contributed by atoms with van der Waals surface area (Å²) in [7, 11) is 0. The van der Waals surface area contributed by atoms with E-state index < -0.39 is 0 Å². The molecular weight excluding hydrogens is 346 g/mol. The van der Waals surface area contributed by atoms with Crippen molar-refractivity contribution in [3.8, 4) is 5.75 Å². The van der Waals surface area contributed by atoms with Crippen LogP contribution in [-0.4, -0.2) is 42.0 Å². The number of carbonyl (C=O) groups excluding carboxylic acids is 2. The second kappa shape index (κ2) is 8.41. The Kier molecular flexibility index (Phi) is 5.98. The fourth-order valence-corrected chi connectivity index (χ4v) is 3.43. The number of benzene rings is 1. The molecule has 0 saturated carbocycles. The molecule has 1 fully saturated rings. The van der Waals surface area contributed by atoms with Gasteiger partial charge in [-0.05, 0) is 43.4 Å². The van der Waals surface area contributed by atoms with Crippen LogP contribution in [-0.2, 0) is 20.9 Å². The number of esters is 1. The smallest absolute Gasteiger partial charge is 0.302 e. The Morgan fingerprint density at radius 1 is 1.30 bits per heavy atom. The number of rotatable bonds is 8. The summed E-state index contributed by atoms with van der Waals surface area (Å²) in [6.07, 6.45) is 2.70. The molecule has 1 atom stereocenters. The van der Waals surface area contributed by atoms with Crippen LogP contribution in [0, 0.1) is 5.92 Å². The molecule has 1 unspecified atom stereocenters. The lowest BCUT2D eigenvalue weighted by Crippen LogP contribution is -2.39. The van der Waals surface area contributed by atoms with Crippen molar-refractivity contribution in [2.45, 2.75) is 52.6 Å². The van der Waals surface area contributed by atoms with Crippen LogP contribution in [0.4, 0.5) is 5.69 Å². The number of ether oxygens (including phenoxy) is 2. The van der Waals surface area contributed by atoms with Gasteiger partial charge in [0.1, 0.15) is 11.8 Å². The summed E-state index contributed by atoms with van der Waals surface area (Å²) in [5.74, 6) is 1.45. The highest BCUT2D eigenvalue weighted by molar-refractivity contribution is 6.07. The molecule has 0 aliphatic carbocycles. The van der Waals surface area contributed by atoms with Crippen LogP contribution in [0.1, 0.15) is 45.6 Å². The summed E-state index contributed by atoms with van der Waals surface area (Å²) < 4.78 is 10.8. The van der Waals surface area contributed by atoms with E-state index in [2.05, 4.69) is 10.3 Å². The van der Waals surface area contributed by atoms with Crippen molar-refractivity contribution in [1.29, 1.82) is 0 Å². The predicted molar refractivity (Wildman–Crippen MR) is 102 cm³/mol. The lowest BCUT2D eigenvalue weighted by Gasteiger charge is -2.29. The minimum absolute atomic E-state index is 0.0155. The molecule has 2 aliphatic rings. The molecule has 1 aromatic rings. The summed E-state index contributed by atoms with van der Waals surface area (Å²) in [6, 6.07) is 5.67. The van der Waals surface area contributed by atoms with E-state index in [9.17, 15) is 9.59 Å². The largest absolute Gasteiger partial charge is 0.494 e. The average molecular weight is 373 g/mol. The third kappa shape index (κ3) is 4.59. The number of hydrogen-bond acceptors (Lipinski definition) is 6. The molecule has 0 bridgehead atoms. The zero-order chi connectivity index (χ0) is 19.4. The maximum absolute atomic E-state index is 12.2.